The first kappa shape index (κ1) is 15.7. The smallest absolute Gasteiger partial charge is 0.253 e. The molecule has 2 aliphatic rings. The number of likely N-dealkylation sites (tertiary alicyclic amines) is 1. The number of benzene rings is 2. The molecule has 2 aliphatic heterocycles. The second-order valence-electron chi connectivity index (χ2n) is 6.69. The first-order valence-corrected chi connectivity index (χ1v) is 8.94. The van der Waals surface area contributed by atoms with Gasteiger partial charge in [0.05, 0.1) is 0 Å². The fraction of sp³-hybridized carbons (Fsp3) is 0.350. The summed E-state index contributed by atoms with van der Waals surface area (Å²) in [5.74, 6) is 0.0948. The van der Waals surface area contributed by atoms with Gasteiger partial charge in [0.2, 0.25) is 0 Å². The standard InChI is InChI=1S/C20H21ClN2O/c21-18-7-3-6-16(12-18)20(24)23-11-9-19(14-23)22-10-8-15-4-1-2-5-17(15)13-22/h1-7,12,19H,8-11,13-14H2/t19-/m0/s1. The van der Waals surface area contributed by atoms with Crippen LogP contribution in [-0.4, -0.2) is 41.4 Å². The van der Waals surface area contributed by atoms with E-state index in [9.17, 15) is 4.79 Å². The molecule has 0 aliphatic carbocycles. The Hall–Kier alpha value is -1.84. The minimum absolute atomic E-state index is 0.0948. The van der Waals surface area contributed by atoms with Crippen LogP contribution in [0, 0.1) is 0 Å². The van der Waals surface area contributed by atoms with E-state index in [1.807, 2.05) is 17.0 Å². The number of carbonyl (C=O) groups excluding carboxylic acids is 1. The van der Waals surface area contributed by atoms with Gasteiger partial charge in [0.1, 0.15) is 0 Å². The third-order valence-corrected chi connectivity index (χ3v) is 5.43. The molecule has 0 aromatic heterocycles. The number of fused-ring (bicyclic) bond motifs is 1. The van der Waals surface area contributed by atoms with Crippen molar-refractivity contribution in [3.63, 3.8) is 0 Å². The van der Waals surface area contributed by atoms with Crippen LogP contribution in [0.2, 0.25) is 5.02 Å². The molecule has 3 nitrogen and oxygen atoms in total. The Morgan fingerprint density at radius 2 is 1.88 bits per heavy atom. The van der Waals surface area contributed by atoms with Crippen molar-refractivity contribution in [1.29, 1.82) is 0 Å². The molecule has 0 saturated carbocycles. The molecule has 1 saturated heterocycles. The maximum Gasteiger partial charge on any atom is 0.253 e. The molecule has 1 amide bonds. The summed E-state index contributed by atoms with van der Waals surface area (Å²) >= 11 is 6.01. The lowest BCUT2D eigenvalue weighted by Gasteiger charge is -2.33. The van der Waals surface area contributed by atoms with Crippen LogP contribution in [0.4, 0.5) is 0 Å². The van der Waals surface area contributed by atoms with Crippen molar-refractivity contribution in [2.75, 3.05) is 19.6 Å². The van der Waals surface area contributed by atoms with Gasteiger partial charge in [0.15, 0.2) is 0 Å². The third kappa shape index (κ3) is 3.06. The first-order chi connectivity index (χ1) is 11.7. The molecule has 24 heavy (non-hydrogen) atoms. The zero-order valence-electron chi connectivity index (χ0n) is 13.6. The van der Waals surface area contributed by atoms with Crippen molar-refractivity contribution in [2.24, 2.45) is 0 Å². The normalized spacial score (nSPS) is 20.9. The van der Waals surface area contributed by atoms with E-state index in [1.54, 1.807) is 12.1 Å². The Morgan fingerprint density at radius 1 is 1.04 bits per heavy atom. The van der Waals surface area contributed by atoms with E-state index in [0.29, 0.717) is 16.6 Å². The molecule has 4 rings (SSSR count). The summed E-state index contributed by atoms with van der Waals surface area (Å²) in [6.07, 6.45) is 2.16. The highest BCUT2D eigenvalue weighted by molar-refractivity contribution is 6.30. The molecular formula is C20H21ClN2O. The van der Waals surface area contributed by atoms with E-state index in [2.05, 4.69) is 29.2 Å². The zero-order valence-corrected chi connectivity index (χ0v) is 14.4. The molecule has 1 fully saturated rings. The number of halogens is 1. The minimum Gasteiger partial charge on any atom is -0.337 e. The fourth-order valence-electron chi connectivity index (χ4n) is 3.86. The molecule has 0 radical (unpaired) electrons. The average molecular weight is 341 g/mol. The van der Waals surface area contributed by atoms with E-state index in [4.69, 9.17) is 11.6 Å². The highest BCUT2D eigenvalue weighted by atomic mass is 35.5. The monoisotopic (exact) mass is 340 g/mol. The van der Waals surface area contributed by atoms with Gasteiger partial charge in [-0.05, 0) is 42.2 Å². The van der Waals surface area contributed by atoms with E-state index in [1.165, 1.54) is 11.1 Å². The Kier molecular flexibility index (Phi) is 4.30. The molecule has 2 aromatic rings. The van der Waals surface area contributed by atoms with E-state index >= 15 is 0 Å². The Labute approximate surface area is 147 Å². The molecule has 0 N–H and O–H groups in total. The quantitative estimate of drug-likeness (QED) is 0.833. The van der Waals surface area contributed by atoms with Crippen LogP contribution in [0.1, 0.15) is 27.9 Å². The molecule has 1 atom stereocenters. The summed E-state index contributed by atoms with van der Waals surface area (Å²) in [5, 5.41) is 0.615. The van der Waals surface area contributed by atoms with Gasteiger partial charge in [-0.15, -0.1) is 0 Å². The summed E-state index contributed by atoms with van der Waals surface area (Å²) in [5.41, 5.74) is 3.59. The predicted octanol–water partition coefficient (Wildman–Crippen LogP) is 3.61. The SMILES string of the molecule is O=C(c1cccc(Cl)c1)N1CC[C@H](N2CCc3ccccc3C2)C1. The zero-order chi connectivity index (χ0) is 16.5. The van der Waals surface area contributed by atoms with Gasteiger partial charge in [-0.2, -0.15) is 0 Å². The number of rotatable bonds is 2. The van der Waals surface area contributed by atoms with Gasteiger partial charge in [0.25, 0.3) is 5.91 Å². The molecular weight excluding hydrogens is 320 g/mol. The van der Waals surface area contributed by atoms with Crippen molar-refractivity contribution in [3.05, 3.63) is 70.2 Å². The lowest BCUT2D eigenvalue weighted by Crippen LogP contribution is -2.41. The van der Waals surface area contributed by atoms with Crippen molar-refractivity contribution in [3.8, 4) is 0 Å². The molecule has 2 heterocycles. The van der Waals surface area contributed by atoms with Crippen LogP contribution < -0.4 is 0 Å². The van der Waals surface area contributed by atoms with Crippen LogP contribution in [-0.2, 0) is 13.0 Å². The van der Waals surface area contributed by atoms with Crippen LogP contribution in [0.15, 0.2) is 48.5 Å². The fourth-order valence-corrected chi connectivity index (χ4v) is 4.05. The molecule has 0 spiro atoms. The number of carbonyl (C=O) groups is 1. The Bertz CT molecular complexity index is 761. The number of hydrogen-bond donors (Lipinski definition) is 0. The van der Waals surface area contributed by atoms with Gasteiger partial charge in [-0.1, -0.05) is 41.9 Å². The van der Waals surface area contributed by atoms with Crippen LogP contribution in [0.5, 0.6) is 0 Å². The minimum atomic E-state index is 0.0948. The second-order valence-corrected chi connectivity index (χ2v) is 7.13. The van der Waals surface area contributed by atoms with Crippen molar-refractivity contribution in [1.82, 2.24) is 9.80 Å². The van der Waals surface area contributed by atoms with Crippen molar-refractivity contribution < 1.29 is 4.79 Å². The lowest BCUT2D eigenvalue weighted by molar-refractivity contribution is 0.0773. The van der Waals surface area contributed by atoms with Crippen molar-refractivity contribution >= 4 is 17.5 Å². The molecule has 4 heteroatoms. The maximum absolute atomic E-state index is 12.7. The van der Waals surface area contributed by atoms with Crippen molar-refractivity contribution in [2.45, 2.75) is 25.4 Å². The van der Waals surface area contributed by atoms with Gasteiger partial charge in [-0.25, -0.2) is 0 Å². The summed E-state index contributed by atoms with van der Waals surface area (Å²) in [4.78, 5) is 17.2. The highest BCUT2D eigenvalue weighted by Gasteiger charge is 2.32. The second kappa shape index (κ2) is 6.58. The van der Waals surface area contributed by atoms with E-state index in [0.717, 1.165) is 39.0 Å². The number of nitrogens with zero attached hydrogens (tertiary/aromatic N) is 2. The summed E-state index contributed by atoms with van der Waals surface area (Å²) in [7, 11) is 0. The topological polar surface area (TPSA) is 23.6 Å². The van der Waals surface area contributed by atoms with Crippen LogP contribution in [0.3, 0.4) is 0 Å². The molecule has 0 bridgehead atoms. The van der Waals surface area contributed by atoms with E-state index in [-0.39, 0.29) is 5.91 Å². The third-order valence-electron chi connectivity index (χ3n) is 5.20. The lowest BCUT2D eigenvalue weighted by atomic mass is 9.98. The maximum atomic E-state index is 12.7. The molecule has 2 aromatic carbocycles. The van der Waals surface area contributed by atoms with Crippen LogP contribution >= 0.6 is 11.6 Å². The number of amides is 1. The van der Waals surface area contributed by atoms with Gasteiger partial charge in [0, 0.05) is 42.8 Å². The van der Waals surface area contributed by atoms with Gasteiger partial charge >= 0.3 is 0 Å². The predicted molar refractivity (Wildman–Crippen MR) is 96.3 cm³/mol. The van der Waals surface area contributed by atoms with E-state index < -0.39 is 0 Å². The highest BCUT2D eigenvalue weighted by Crippen LogP contribution is 2.25. The largest absolute Gasteiger partial charge is 0.337 e. The van der Waals surface area contributed by atoms with Gasteiger partial charge < -0.3 is 4.90 Å². The average Bonchev–Trinajstić information content (AvgIpc) is 3.11. The summed E-state index contributed by atoms with van der Waals surface area (Å²) < 4.78 is 0. The Morgan fingerprint density at radius 3 is 2.71 bits per heavy atom. The summed E-state index contributed by atoms with van der Waals surface area (Å²) in [6.45, 7) is 3.72. The summed E-state index contributed by atoms with van der Waals surface area (Å²) in [6, 6.07) is 16.4. The molecule has 124 valence electrons. The Balaban J connectivity index is 1.43. The van der Waals surface area contributed by atoms with Gasteiger partial charge in [-0.3, -0.25) is 9.69 Å². The molecule has 0 unspecified atom stereocenters. The first-order valence-electron chi connectivity index (χ1n) is 8.56. The number of hydrogen-bond acceptors (Lipinski definition) is 2. The van der Waals surface area contributed by atoms with Crippen LogP contribution in [0.25, 0.3) is 0 Å².